The largest absolute Gasteiger partial charge is 0.352 e. The molecule has 0 spiro atoms. The van der Waals surface area contributed by atoms with Crippen molar-refractivity contribution in [2.24, 2.45) is 5.92 Å². The Bertz CT molecular complexity index is 454. The Balaban J connectivity index is 1.42. The molecule has 1 saturated carbocycles. The highest BCUT2D eigenvalue weighted by Gasteiger charge is 2.24. The predicted octanol–water partition coefficient (Wildman–Crippen LogP) is 3.45. The molecule has 1 aliphatic carbocycles. The molecule has 0 bridgehead atoms. The molecule has 1 aliphatic heterocycles. The molecule has 1 saturated heterocycles. The molecule has 1 atom stereocenters. The summed E-state index contributed by atoms with van der Waals surface area (Å²) in [4.78, 5) is 14.7. The topological polar surface area (TPSA) is 32.3 Å². The van der Waals surface area contributed by atoms with E-state index in [1.54, 1.807) is 11.3 Å². The average molecular weight is 321 g/mol. The Kier molecular flexibility index (Phi) is 5.90. The lowest BCUT2D eigenvalue weighted by molar-refractivity contribution is -0.121. The first-order valence-electron chi connectivity index (χ1n) is 8.82. The van der Waals surface area contributed by atoms with E-state index in [-0.39, 0.29) is 5.91 Å². The van der Waals surface area contributed by atoms with Gasteiger partial charge in [0.05, 0.1) is 6.42 Å². The molecule has 2 heterocycles. The maximum absolute atomic E-state index is 12.2. The number of carbonyl (C=O) groups excluding carboxylic acids is 1. The van der Waals surface area contributed by atoms with Crippen LogP contribution in [0.5, 0.6) is 0 Å². The van der Waals surface area contributed by atoms with Gasteiger partial charge in [0.15, 0.2) is 0 Å². The van der Waals surface area contributed by atoms with Crippen molar-refractivity contribution >= 4 is 17.2 Å². The Morgan fingerprint density at radius 3 is 2.86 bits per heavy atom. The first kappa shape index (κ1) is 16.0. The molecule has 4 heteroatoms. The first-order chi connectivity index (χ1) is 10.8. The lowest BCUT2D eigenvalue weighted by Crippen LogP contribution is -2.49. The molecule has 1 aromatic heterocycles. The van der Waals surface area contributed by atoms with Crippen LogP contribution < -0.4 is 5.32 Å². The van der Waals surface area contributed by atoms with Crippen LogP contribution in [-0.2, 0) is 11.2 Å². The summed E-state index contributed by atoms with van der Waals surface area (Å²) in [6, 6.07) is 2.39. The summed E-state index contributed by atoms with van der Waals surface area (Å²) in [5.74, 6) is 1.08. The standard InChI is InChI=1S/C18H28N2OS/c21-18(11-16-8-10-22-14-16)19-17-7-4-9-20(13-17)12-15-5-2-1-3-6-15/h8,10,14-15,17H,1-7,9,11-13H2,(H,19,21)/t17-/m0/s1. The van der Waals surface area contributed by atoms with Crippen LogP contribution >= 0.6 is 11.3 Å². The fourth-order valence-electron chi connectivity index (χ4n) is 3.93. The Morgan fingerprint density at radius 1 is 1.23 bits per heavy atom. The third-order valence-electron chi connectivity index (χ3n) is 5.06. The van der Waals surface area contributed by atoms with Crippen LogP contribution in [0.25, 0.3) is 0 Å². The van der Waals surface area contributed by atoms with Gasteiger partial charge in [0.25, 0.3) is 0 Å². The molecule has 1 N–H and O–H groups in total. The number of nitrogens with zero attached hydrogens (tertiary/aromatic N) is 1. The Labute approximate surface area is 138 Å². The Morgan fingerprint density at radius 2 is 2.09 bits per heavy atom. The van der Waals surface area contributed by atoms with Crippen LogP contribution in [0.2, 0.25) is 0 Å². The summed E-state index contributed by atoms with van der Waals surface area (Å²) in [6.07, 6.45) is 9.96. The zero-order valence-corrected chi connectivity index (χ0v) is 14.2. The number of likely N-dealkylation sites (tertiary alicyclic amines) is 1. The summed E-state index contributed by atoms with van der Waals surface area (Å²) in [7, 11) is 0. The zero-order valence-electron chi connectivity index (χ0n) is 13.4. The smallest absolute Gasteiger partial charge is 0.224 e. The van der Waals surface area contributed by atoms with Gasteiger partial charge in [-0.05, 0) is 60.5 Å². The van der Waals surface area contributed by atoms with E-state index in [1.165, 1.54) is 51.6 Å². The van der Waals surface area contributed by atoms with Crippen molar-refractivity contribution in [3.63, 3.8) is 0 Å². The molecule has 0 aromatic carbocycles. The van der Waals surface area contributed by atoms with Crippen molar-refractivity contribution in [1.82, 2.24) is 10.2 Å². The second kappa shape index (κ2) is 8.11. The van der Waals surface area contributed by atoms with Gasteiger partial charge in [-0.25, -0.2) is 0 Å². The molecule has 2 aliphatic rings. The van der Waals surface area contributed by atoms with Crippen LogP contribution in [0.15, 0.2) is 16.8 Å². The summed E-state index contributed by atoms with van der Waals surface area (Å²) in [5.41, 5.74) is 1.14. The fourth-order valence-corrected chi connectivity index (χ4v) is 4.60. The van der Waals surface area contributed by atoms with E-state index in [4.69, 9.17) is 0 Å². The highest BCUT2D eigenvalue weighted by molar-refractivity contribution is 7.07. The summed E-state index contributed by atoms with van der Waals surface area (Å²) in [5, 5.41) is 7.35. The number of carbonyl (C=O) groups is 1. The van der Waals surface area contributed by atoms with E-state index < -0.39 is 0 Å². The van der Waals surface area contributed by atoms with E-state index >= 15 is 0 Å². The van der Waals surface area contributed by atoms with Crippen LogP contribution in [0.1, 0.15) is 50.5 Å². The minimum atomic E-state index is 0.183. The normalized spacial score (nSPS) is 24.3. The van der Waals surface area contributed by atoms with E-state index in [2.05, 4.69) is 15.6 Å². The number of rotatable bonds is 5. The summed E-state index contributed by atoms with van der Waals surface area (Å²) in [6.45, 7) is 3.51. The fraction of sp³-hybridized carbons (Fsp3) is 0.722. The van der Waals surface area contributed by atoms with Crippen LogP contribution in [0.4, 0.5) is 0 Å². The van der Waals surface area contributed by atoms with Crippen molar-refractivity contribution in [3.05, 3.63) is 22.4 Å². The van der Waals surface area contributed by atoms with Gasteiger partial charge in [-0.15, -0.1) is 0 Å². The number of nitrogens with one attached hydrogen (secondary N) is 1. The second-order valence-electron chi connectivity index (χ2n) is 6.98. The molecular formula is C18H28N2OS. The molecule has 0 unspecified atom stereocenters. The van der Waals surface area contributed by atoms with Crippen LogP contribution in [-0.4, -0.2) is 36.5 Å². The molecule has 1 aromatic rings. The molecule has 22 heavy (non-hydrogen) atoms. The van der Waals surface area contributed by atoms with Gasteiger partial charge in [0, 0.05) is 19.1 Å². The quantitative estimate of drug-likeness (QED) is 0.901. The third-order valence-corrected chi connectivity index (χ3v) is 5.79. The molecular weight excluding hydrogens is 292 g/mol. The van der Waals surface area contributed by atoms with Gasteiger partial charge >= 0.3 is 0 Å². The van der Waals surface area contributed by atoms with Crippen molar-refractivity contribution in [1.29, 1.82) is 0 Å². The van der Waals surface area contributed by atoms with Crippen molar-refractivity contribution in [2.45, 2.75) is 57.4 Å². The number of hydrogen-bond donors (Lipinski definition) is 1. The maximum Gasteiger partial charge on any atom is 0.224 e. The van der Waals surface area contributed by atoms with Crippen LogP contribution in [0.3, 0.4) is 0 Å². The molecule has 3 rings (SSSR count). The maximum atomic E-state index is 12.2. The summed E-state index contributed by atoms with van der Waals surface area (Å²) < 4.78 is 0. The zero-order chi connectivity index (χ0) is 15.2. The monoisotopic (exact) mass is 320 g/mol. The van der Waals surface area contributed by atoms with Gasteiger partial charge in [-0.1, -0.05) is 19.3 Å². The lowest BCUT2D eigenvalue weighted by Gasteiger charge is -2.36. The molecule has 0 radical (unpaired) electrons. The highest BCUT2D eigenvalue weighted by atomic mass is 32.1. The highest BCUT2D eigenvalue weighted by Crippen LogP contribution is 2.25. The first-order valence-corrected chi connectivity index (χ1v) is 9.76. The van der Waals surface area contributed by atoms with Gasteiger partial charge in [-0.2, -0.15) is 11.3 Å². The van der Waals surface area contributed by atoms with Gasteiger partial charge in [0.1, 0.15) is 0 Å². The predicted molar refractivity (Wildman–Crippen MR) is 92.2 cm³/mol. The van der Waals surface area contributed by atoms with E-state index in [1.807, 2.05) is 11.4 Å². The van der Waals surface area contributed by atoms with Gasteiger partial charge in [-0.3, -0.25) is 4.79 Å². The lowest BCUT2D eigenvalue weighted by atomic mass is 9.88. The van der Waals surface area contributed by atoms with Crippen LogP contribution in [0, 0.1) is 5.92 Å². The number of piperidine rings is 1. The molecule has 3 nitrogen and oxygen atoms in total. The van der Waals surface area contributed by atoms with E-state index in [9.17, 15) is 4.79 Å². The number of thiophene rings is 1. The van der Waals surface area contributed by atoms with Crippen molar-refractivity contribution in [3.8, 4) is 0 Å². The molecule has 122 valence electrons. The van der Waals surface area contributed by atoms with Gasteiger partial charge < -0.3 is 10.2 Å². The van der Waals surface area contributed by atoms with Gasteiger partial charge in [0.2, 0.25) is 5.91 Å². The van der Waals surface area contributed by atoms with E-state index in [0.717, 1.165) is 24.4 Å². The number of hydrogen-bond acceptors (Lipinski definition) is 3. The van der Waals surface area contributed by atoms with E-state index in [0.29, 0.717) is 12.5 Å². The summed E-state index contributed by atoms with van der Waals surface area (Å²) >= 11 is 1.66. The minimum Gasteiger partial charge on any atom is -0.352 e. The Hall–Kier alpha value is -0.870. The molecule has 2 fully saturated rings. The average Bonchev–Trinajstić information content (AvgIpc) is 3.01. The SMILES string of the molecule is O=C(Cc1ccsc1)N[C@H]1CCCN(CC2CCCCC2)C1. The minimum absolute atomic E-state index is 0.183. The third kappa shape index (κ3) is 4.82. The number of amides is 1. The van der Waals surface area contributed by atoms with Crippen molar-refractivity contribution in [2.75, 3.05) is 19.6 Å². The second-order valence-corrected chi connectivity index (χ2v) is 7.76. The molecule has 1 amide bonds. The van der Waals surface area contributed by atoms with Crippen molar-refractivity contribution < 1.29 is 4.79 Å².